The largest absolute Gasteiger partial charge is 0.393 e. The molecule has 3 aliphatic rings. The highest BCUT2D eigenvalue weighted by Crippen LogP contribution is 2.60. The first kappa shape index (κ1) is 20.0. The molecule has 0 aliphatic heterocycles. The zero-order valence-corrected chi connectivity index (χ0v) is 17.4. The van der Waals surface area contributed by atoms with E-state index in [1.54, 1.807) is 18.2 Å². The van der Waals surface area contributed by atoms with E-state index in [9.17, 15) is 14.7 Å². The Morgan fingerprint density at radius 3 is 2.69 bits per heavy atom. The van der Waals surface area contributed by atoms with Crippen LogP contribution in [0.1, 0.15) is 59.3 Å². The van der Waals surface area contributed by atoms with Gasteiger partial charge in [-0.25, -0.2) is 0 Å². The molecular formula is C22H33O3P. The molecule has 3 unspecified atom stereocenters. The molecule has 8 atom stereocenters. The molecule has 0 aromatic heterocycles. The van der Waals surface area contributed by atoms with Crippen LogP contribution in [-0.2, 0) is 9.59 Å². The lowest BCUT2D eigenvalue weighted by molar-refractivity contribution is -0.124. The fraction of sp³-hybridized carbons (Fsp3) is 0.727. The molecule has 0 aromatic rings. The van der Waals surface area contributed by atoms with E-state index < -0.39 is 0 Å². The second-order valence-electron chi connectivity index (χ2n) is 8.62. The van der Waals surface area contributed by atoms with Crippen molar-refractivity contribution >= 4 is 20.8 Å². The smallest absolute Gasteiger partial charge is 0.178 e. The summed E-state index contributed by atoms with van der Waals surface area (Å²) in [4.78, 5) is 24.6. The summed E-state index contributed by atoms with van der Waals surface area (Å²) in [5.41, 5.74) is 1.19. The Bertz CT molecular complexity index is 637. The average molecular weight is 376 g/mol. The minimum Gasteiger partial charge on any atom is -0.393 e. The van der Waals surface area contributed by atoms with Gasteiger partial charge < -0.3 is 5.11 Å². The molecule has 3 nitrogen and oxygen atoms in total. The van der Waals surface area contributed by atoms with Crippen molar-refractivity contribution in [3.8, 4) is 0 Å². The van der Waals surface area contributed by atoms with E-state index in [1.165, 1.54) is 5.57 Å². The predicted octanol–water partition coefficient (Wildman–Crippen LogP) is 4.10. The van der Waals surface area contributed by atoms with Crippen molar-refractivity contribution in [2.24, 2.45) is 29.6 Å². The predicted molar refractivity (Wildman–Crippen MR) is 108 cm³/mol. The number of carbonyl (C=O) groups excluding carboxylic acids is 2. The minimum atomic E-state index is -0.376. The number of fused-ring (bicyclic) bond motifs is 3. The first-order valence-electron chi connectivity index (χ1n) is 10.2. The number of allylic oxidation sites excluding steroid dienone is 4. The van der Waals surface area contributed by atoms with Gasteiger partial charge in [0.15, 0.2) is 5.78 Å². The van der Waals surface area contributed by atoms with Crippen molar-refractivity contribution in [3.63, 3.8) is 0 Å². The lowest BCUT2D eigenvalue weighted by Gasteiger charge is -2.51. The van der Waals surface area contributed by atoms with E-state index in [1.807, 2.05) is 13.8 Å². The molecule has 3 rings (SSSR count). The van der Waals surface area contributed by atoms with Crippen LogP contribution in [0.3, 0.4) is 0 Å². The third-order valence-corrected chi connectivity index (χ3v) is 8.52. The van der Waals surface area contributed by atoms with Gasteiger partial charge in [0.05, 0.1) is 6.10 Å². The van der Waals surface area contributed by atoms with Gasteiger partial charge in [-0.15, -0.1) is 9.24 Å². The molecule has 0 saturated heterocycles. The van der Waals surface area contributed by atoms with E-state index in [0.29, 0.717) is 30.0 Å². The number of rotatable bonds is 4. The number of Topliss-reactive ketones (excluding diaryl/α,β-unsaturated/α-hetero) is 1. The maximum Gasteiger partial charge on any atom is 0.178 e. The standard InChI is InChI=1S/C22H33O3P/c1-4-6-15(23)11-14-7-8-17-16-9-10-22(26,20(25)5-2)18(16)12-19(24)21(17)13(14)3/h4,6,11,13,16-19,21,24H,5,7-10,12,26H2,1-3H3/b6-4-,14-11-/t13-,16?,17+,18+,19+,21?,22-/m1/s1. The average Bonchev–Trinajstić information content (AvgIpc) is 2.94. The summed E-state index contributed by atoms with van der Waals surface area (Å²) in [7, 11) is 2.88. The van der Waals surface area contributed by atoms with Gasteiger partial charge >= 0.3 is 0 Å². The highest BCUT2D eigenvalue weighted by Gasteiger charge is 2.58. The maximum absolute atomic E-state index is 12.6. The Morgan fingerprint density at radius 2 is 2.04 bits per heavy atom. The summed E-state index contributed by atoms with van der Waals surface area (Å²) in [5, 5.41) is 10.7. The van der Waals surface area contributed by atoms with E-state index in [2.05, 4.69) is 16.2 Å². The molecule has 26 heavy (non-hydrogen) atoms. The third-order valence-electron chi connectivity index (χ3n) is 7.48. The zero-order valence-electron chi connectivity index (χ0n) is 16.3. The summed E-state index contributed by atoms with van der Waals surface area (Å²) < 4.78 is 0. The van der Waals surface area contributed by atoms with Crippen LogP contribution in [0.4, 0.5) is 0 Å². The van der Waals surface area contributed by atoms with E-state index in [4.69, 9.17) is 0 Å². The topological polar surface area (TPSA) is 54.4 Å². The molecule has 0 heterocycles. The summed E-state index contributed by atoms with van der Waals surface area (Å²) in [5.74, 6) is 2.14. The Kier molecular flexibility index (Phi) is 5.89. The van der Waals surface area contributed by atoms with Crippen LogP contribution >= 0.6 is 9.24 Å². The fourth-order valence-corrected chi connectivity index (χ4v) is 7.01. The Hall–Kier alpha value is -0.790. The van der Waals surface area contributed by atoms with Gasteiger partial charge in [-0.3, -0.25) is 9.59 Å². The van der Waals surface area contributed by atoms with Crippen molar-refractivity contribution in [1.29, 1.82) is 0 Å². The lowest BCUT2D eigenvalue weighted by Crippen LogP contribution is -2.51. The molecule has 144 valence electrons. The molecule has 3 fully saturated rings. The Morgan fingerprint density at radius 1 is 1.31 bits per heavy atom. The molecule has 0 bridgehead atoms. The van der Waals surface area contributed by atoms with E-state index >= 15 is 0 Å². The highest BCUT2D eigenvalue weighted by atomic mass is 31.0. The second-order valence-corrected chi connectivity index (χ2v) is 9.65. The molecule has 0 aromatic carbocycles. The molecule has 0 amide bonds. The van der Waals surface area contributed by atoms with Crippen LogP contribution in [0.25, 0.3) is 0 Å². The van der Waals surface area contributed by atoms with Gasteiger partial charge in [-0.2, -0.15) is 0 Å². The van der Waals surface area contributed by atoms with Crippen LogP contribution in [0, 0.1) is 29.6 Å². The van der Waals surface area contributed by atoms with Crippen molar-refractivity contribution in [2.75, 3.05) is 0 Å². The summed E-state index contributed by atoms with van der Waals surface area (Å²) in [6.07, 6.45) is 10.1. The van der Waals surface area contributed by atoms with Gasteiger partial charge in [0.2, 0.25) is 0 Å². The van der Waals surface area contributed by atoms with Crippen LogP contribution in [0.15, 0.2) is 23.8 Å². The van der Waals surface area contributed by atoms with Gasteiger partial charge in [0.1, 0.15) is 5.78 Å². The SMILES string of the molecule is C/C=C\C(=O)/C=C1/CC[C@@H]2C([C@@H]1C)[C@@H](O)C[C@H]1C2CC[C@]1(P)C(=O)CC. The fourth-order valence-electron chi connectivity index (χ4n) is 6.25. The lowest BCUT2D eigenvalue weighted by atomic mass is 9.56. The van der Waals surface area contributed by atoms with E-state index in [-0.39, 0.29) is 28.9 Å². The van der Waals surface area contributed by atoms with Gasteiger partial charge in [-0.1, -0.05) is 25.5 Å². The number of carbonyl (C=O) groups is 2. The number of hydrogen-bond donors (Lipinski definition) is 1. The molecule has 0 radical (unpaired) electrons. The maximum atomic E-state index is 12.6. The number of aliphatic hydroxyl groups excluding tert-OH is 1. The number of aliphatic hydroxyl groups is 1. The van der Waals surface area contributed by atoms with Crippen molar-refractivity contribution in [2.45, 2.75) is 70.6 Å². The molecule has 3 saturated carbocycles. The minimum absolute atomic E-state index is 0.0503. The van der Waals surface area contributed by atoms with E-state index in [0.717, 1.165) is 32.1 Å². The van der Waals surface area contributed by atoms with Gasteiger partial charge in [0.25, 0.3) is 0 Å². The quantitative estimate of drug-likeness (QED) is 0.594. The Balaban J connectivity index is 1.84. The molecule has 1 N–H and O–H groups in total. The zero-order chi connectivity index (χ0) is 19.1. The first-order chi connectivity index (χ1) is 12.3. The molecule has 3 aliphatic carbocycles. The number of ketones is 2. The number of hydrogen-bond acceptors (Lipinski definition) is 3. The summed E-state index contributed by atoms with van der Waals surface area (Å²) in [6, 6.07) is 0. The normalized spacial score (nSPS) is 44.1. The monoisotopic (exact) mass is 376 g/mol. The Labute approximate surface area is 159 Å². The highest BCUT2D eigenvalue weighted by molar-refractivity contribution is 7.21. The van der Waals surface area contributed by atoms with Crippen molar-refractivity contribution in [1.82, 2.24) is 0 Å². The molecular weight excluding hydrogens is 343 g/mol. The molecule has 0 spiro atoms. The van der Waals surface area contributed by atoms with Crippen molar-refractivity contribution in [3.05, 3.63) is 23.8 Å². The van der Waals surface area contributed by atoms with Gasteiger partial charge in [-0.05, 0) is 80.8 Å². The third kappa shape index (κ3) is 3.27. The van der Waals surface area contributed by atoms with Crippen LogP contribution < -0.4 is 0 Å². The molecule has 4 heteroatoms. The van der Waals surface area contributed by atoms with Crippen molar-refractivity contribution < 1.29 is 14.7 Å². The summed E-state index contributed by atoms with van der Waals surface area (Å²) in [6.45, 7) is 5.98. The summed E-state index contributed by atoms with van der Waals surface area (Å²) >= 11 is 0. The van der Waals surface area contributed by atoms with Crippen LogP contribution in [-0.4, -0.2) is 27.9 Å². The van der Waals surface area contributed by atoms with Crippen LogP contribution in [0.2, 0.25) is 0 Å². The van der Waals surface area contributed by atoms with Crippen LogP contribution in [0.5, 0.6) is 0 Å². The second kappa shape index (κ2) is 7.68. The van der Waals surface area contributed by atoms with Gasteiger partial charge in [0, 0.05) is 11.6 Å². The first-order valence-corrected chi connectivity index (χ1v) is 10.8.